The van der Waals surface area contributed by atoms with E-state index in [2.05, 4.69) is 29.8 Å². The summed E-state index contributed by atoms with van der Waals surface area (Å²) in [5, 5.41) is 0. The summed E-state index contributed by atoms with van der Waals surface area (Å²) >= 11 is 0. The molecule has 0 aromatic carbocycles. The number of likely N-dealkylation sites (tertiary alicyclic amines) is 1. The third-order valence-corrected chi connectivity index (χ3v) is 3.86. The average Bonchev–Trinajstić information content (AvgIpc) is 2.34. The van der Waals surface area contributed by atoms with Gasteiger partial charge in [-0.05, 0) is 43.9 Å². The lowest BCUT2D eigenvalue weighted by Gasteiger charge is -2.38. The van der Waals surface area contributed by atoms with E-state index < -0.39 is 0 Å². The molecule has 2 atom stereocenters. The van der Waals surface area contributed by atoms with Crippen LogP contribution in [0.3, 0.4) is 0 Å². The van der Waals surface area contributed by atoms with Crippen LogP contribution in [-0.2, 0) is 6.54 Å². The molecule has 2 N–H and O–H groups in total. The van der Waals surface area contributed by atoms with E-state index in [-0.39, 0.29) is 12.4 Å². The highest BCUT2D eigenvalue weighted by atomic mass is 35.5. The number of aryl methyl sites for hydroxylation is 1. The minimum absolute atomic E-state index is 0. The predicted octanol–water partition coefficient (Wildman–Crippen LogP) is 2.37. The van der Waals surface area contributed by atoms with Crippen molar-refractivity contribution in [1.29, 1.82) is 0 Å². The van der Waals surface area contributed by atoms with Crippen molar-refractivity contribution in [3.05, 3.63) is 29.6 Å². The largest absolute Gasteiger partial charge is 0.329 e. The topological polar surface area (TPSA) is 42.2 Å². The van der Waals surface area contributed by atoms with Gasteiger partial charge < -0.3 is 5.73 Å². The number of piperidine rings is 1. The van der Waals surface area contributed by atoms with Gasteiger partial charge >= 0.3 is 0 Å². The molecule has 1 aromatic heterocycles. The molecule has 1 aliphatic heterocycles. The number of hydrogen-bond donors (Lipinski definition) is 1. The van der Waals surface area contributed by atoms with Gasteiger partial charge in [0.1, 0.15) is 0 Å². The smallest absolute Gasteiger partial charge is 0.0417 e. The van der Waals surface area contributed by atoms with Crippen molar-refractivity contribution in [3.8, 4) is 0 Å². The quantitative estimate of drug-likeness (QED) is 0.916. The summed E-state index contributed by atoms with van der Waals surface area (Å²) in [6.45, 7) is 7.34. The van der Waals surface area contributed by atoms with E-state index in [4.69, 9.17) is 5.73 Å². The van der Waals surface area contributed by atoms with Crippen LogP contribution in [0.15, 0.2) is 18.3 Å². The molecular formula is C14H24ClN3. The maximum absolute atomic E-state index is 5.89. The van der Waals surface area contributed by atoms with Gasteiger partial charge in [0.05, 0.1) is 0 Å². The Bertz CT molecular complexity index is 370. The van der Waals surface area contributed by atoms with Crippen LogP contribution in [-0.4, -0.2) is 29.0 Å². The lowest BCUT2D eigenvalue weighted by Crippen LogP contribution is -2.45. The van der Waals surface area contributed by atoms with Crippen LogP contribution in [0, 0.1) is 12.8 Å². The number of pyridine rings is 1. The van der Waals surface area contributed by atoms with Gasteiger partial charge in [-0.15, -0.1) is 12.4 Å². The van der Waals surface area contributed by atoms with Crippen molar-refractivity contribution in [2.45, 2.75) is 39.3 Å². The summed E-state index contributed by atoms with van der Waals surface area (Å²) in [6.07, 6.45) is 4.38. The summed E-state index contributed by atoms with van der Waals surface area (Å²) < 4.78 is 0. The summed E-state index contributed by atoms with van der Waals surface area (Å²) in [5.74, 6) is 0.815. The van der Waals surface area contributed by atoms with E-state index in [1.165, 1.54) is 18.4 Å². The summed E-state index contributed by atoms with van der Waals surface area (Å²) in [6, 6.07) is 4.73. The van der Waals surface area contributed by atoms with Crippen LogP contribution in [0.5, 0.6) is 0 Å². The van der Waals surface area contributed by atoms with Gasteiger partial charge in [0.2, 0.25) is 0 Å². The number of nitrogens with two attached hydrogens (primary N) is 1. The number of hydrogen-bond acceptors (Lipinski definition) is 3. The SMILES string of the molecule is Cc1ncccc1CN1CCC(C)CC1CN.Cl. The van der Waals surface area contributed by atoms with Gasteiger partial charge in [-0.1, -0.05) is 13.0 Å². The first kappa shape index (κ1) is 15.4. The molecule has 0 radical (unpaired) electrons. The highest BCUT2D eigenvalue weighted by Crippen LogP contribution is 2.23. The fourth-order valence-electron chi connectivity index (χ4n) is 2.66. The monoisotopic (exact) mass is 269 g/mol. The zero-order chi connectivity index (χ0) is 12.3. The summed E-state index contributed by atoms with van der Waals surface area (Å²) in [5.41, 5.74) is 8.36. The third-order valence-electron chi connectivity index (χ3n) is 3.86. The first-order chi connectivity index (χ1) is 8.20. The molecule has 1 saturated heterocycles. The van der Waals surface area contributed by atoms with Gasteiger partial charge in [-0.3, -0.25) is 9.88 Å². The van der Waals surface area contributed by atoms with E-state index in [0.29, 0.717) is 6.04 Å². The number of aromatic nitrogens is 1. The van der Waals surface area contributed by atoms with Crippen LogP contribution in [0.1, 0.15) is 31.0 Å². The van der Waals surface area contributed by atoms with E-state index in [0.717, 1.165) is 31.2 Å². The second-order valence-electron chi connectivity index (χ2n) is 5.24. The molecule has 0 aliphatic carbocycles. The molecule has 0 saturated carbocycles. The molecule has 0 bridgehead atoms. The average molecular weight is 270 g/mol. The van der Waals surface area contributed by atoms with Crippen LogP contribution in [0.2, 0.25) is 0 Å². The van der Waals surface area contributed by atoms with Gasteiger partial charge in [-0.25, -0.2) is 0 Å². The fourth-order valence-corrected chi connectivity index (χ4v) is 2.66. The maximum atomic E-state index is 5.89. The van der Waals surface area contributed by atoms with Crippen LogP contribution >= 0.6 is 12.4 Å². The van der Waals surface area contributed by atoms with E-state index in [1.807, 2.05) is 12.3 Å². The maximum Gasteiger partial charge on any atom is 0.0417 e. The Labute approximate surface area is 116 Å². The summed E-state index contributed by atoms with van der Waals surface area (Å²) in [7, 11) is 0. The zero-order valence-electron chi connectivity index (χ0n) is 11.3. The first-order valence-electron chi connectivity index (χ1n) is 6.55. The number of halogens is 1. The van der Waals surface area contributed by atoms with E-state index in [9.17, 15) is 0 Å². The zero-order valence-corrected chi connectivity index (χ0v) is 12.1. The lowest BCUT2D eigenvalue weighted by molar-refractivity contribution is 0.115. The number of rotatable bonds is 3. The second-order valence-corrected chi connectivity index (χ2v) is 5.24. The van der Waals surface area contributed by atoms with Crippen molar-refractivity contribution >= 4 is 12.4 Å². The molecule has 1 aromatic rings. The Morgan fingerprint density at radius 1 is 1.50 bits per heavy atom. The van der Waals surface area contributed by atoms with E-state index in [1.54, 1.807) is 0 Å². The van der Waals surface area contributed by atoms with E-state index >= 15 is 0 Å². The minimum atomic E-state index is 0. The van der Waals surface area contributed by atoms with Crippen molar-refractivity contribution in [2.24, 2.45) is 11.7 Å². The Balaban J connectivity index is 0.00000162. The van der Waals surface area contributed by atoms with Crippen molar-refractivity contribution < 1.29 is 0 Å². The third kappa shape index (κ3) is 3.67. The number of nitrogens with zero attached hydrogens (tertiary/aromatic N) is 2. The Hall–Kier alpha value is -0.640. The van der Waals surface area contributed by atoms with Crippen LogP contribution in [0.4, 0.5) is 0 Å². The molecule has 3 nitrogen and oxygen atoms in total. The second kappa shape index (κ2) is 7.07. The molecule has 1 fully saturated rings. The van der Waals surface area contributed by atoms with Crippen molar-refractivity contribution in [2.75, 3.05) is 13.1 Å². The molecule has 18 heavy (non-hydrogen) atoms. The Morgan fingerprint density at radius 3 is 2.94 bits per heavy atom. The lowest BCUT2D eigenvalue weighted by atomic mass is 9.92. The van der Waals surface area contributed by atoms with Gasteiger partial charge in [-0.2, -0.15) is 0 Å². The molecule has 0 spiro atoms. The van der Waals surface area contributed by atoms with Crippen molar-refractivity contribution in [3.63, 3.8) is 0 Å². The highest BCUT2D eigenvalue weighted by Gasteiger charge is 2.25. The molecule has 1 aliphatic rings. The molecule has 4 heteroatoms. The van der Waals surface area contributed by atoms with Gasteiger partial charge in [0.15, 0.2) is 0 Å². The molecule has 102 valence electrons. The molecule has 2 heterocycles. The van der Waals surface area contributed by atoms with Crippen LogP contribution in [0.25, 0.3) is 0 Å². The fraction of sp³-hybridized carbons (Fsp3) is 0.643. The Morgan fingerprint density at radius 2 is 2.28 bits per heavy atom. The minimum Gasteiger partial charge on any atom is -0.329 e. The Kier molecular flexibility index (Phi) is 6.06. The highest BCUT2D eigenvalue weighted by molar-refractivity contribution is 5.85. The van der Waals surface area contributed by atoms with Crippen molar-refractivity contribution in [1.82, 2.24) is 9.88 Å². The first-order valence-corrected chi connectivity index (χ1v) is 6.55. The van der Waals surface area contributed by atoms with Gasteiger partial charge in [0.25, 0.3) is 0 Å². The predicted molar refractivity (Wildman–Crippen MR) is 77.9 cm³/mol. The van der Waals surface area contributed by atoms with Gasteiger partial charge in [0, 0.05) is 31.0 Å². The standard InChI is InChI=1S/C14H23N3.ClH/c1-11-5-7-17(14(8-11)9-15)10-13-4-3-6-16-12(13)2;/h3-4,6,11,14H,5,7-10,15H2,1-2H3;1H. The molecule has 2 rings (SSSR count). The molecule has 2 unspecified atom stereocenters. The molecule has 0 amide bonds. The van der Waals surface area contributed by atoms with Crippen LogP contribution < -0.4 is 5.73 Å². The molecular weight excluding hydrogens is 246 g/mol. The normalized spacial score (nSPS) is 24.6. The summed E-state index contributed by atoms with van der Waals surface area (Å²) in [4.78, 5) is 6.87.